The van der Waals surface area contributed by atoms with Crippen molar-refractivity contribution in [2.45, 2.75) is 44.9 Å². The fourth-order valence-corrected chi connectivity index (χ4v) is 5.31. The van der Waals surface area contributed by atoms with Crippen LogP contribution in [-0.4, -0.2) is 68.0 Å². The molecule has 1 aromatic heterocycles. The van der Waals surface area contributed by atoms with Gasteiger partial charge in [0.25, 0.3) is 5.91 Å². The molecule has 1 N–H and O–H groups in total. The molecule has 3 aromatic rings. The van der Waals surface area contributed by atoms with E-state index in [2.05, 4.69) is 0 Å². The normalized spacial score (nSPS) is 19.4. The van der Waals surface area contributed by atoms with Crippen molar-refractivity contribution in [3.63, 3.8) is 0 Å². The SMILES string of the molecule is CC1CN(c2cc(=O)c3cc(C(=O)N4CCC(O)CC4)cc([C@H](C)N(C)c4cc(F)cc(F)c4)c3o2)CCO1. The van der Waals surface area contributed by atoms with Gasteiger partial charge in [-0.2, -0.15) is 0 Å². The Morgan fingerprint density at radius 2 is 1.77 bits per heavy atom. The van der Waals surface area contributed by atoms with Crippen molar-refractivity contribution in [1.82, 2.24) is 4.90 Å². The molecule has 2 aliphatic rings. The second-order valence-electron chi connectivity index (χ2n) is 10.5. The third-order valence-corrected chi connectivity index (χ3v) is 7.68. The lowest BCUT2D eigenvalue weighted by atomic mass is 9.98. The molecule has 208 valence electrons. The highest BCUT2D eigenvalue weighted by molar-refractivity contribution is 5.99. The molecule has 2 fully saturated rings. The Balaban J connectivity index is 1.62. The summed E-state index contributed by atoms with van der Waals surface area (Å²) in [4.78, 5) is 32.2. The number of rotatable bonds is 5. The van der Waals surface area contributed by atoms with Gasteiger partial charge in [0, 0.05) is 62.2 Å². The number of aliphatic hydroxyl groups is 1. The van der Waals surface area contributed by atoms with Crippen LogP contribution in [0.3, 0.4) is 0 Å². The summed E-state index contributed by atoms with van der Waals surface area (Å²) >= 11 is 0. The average molecular weight is 542 g/mol. The summed E-state index contributed by atoms with van der Waals surface area (Å²) in [5.74, 6) is -1.26. The van der Waals surface area contributed by atoms with Crippen molar-refractivity contribution in [2.75, 3.05) is 49.6 Å². The van der Waals surface area contributed by atoms with E-state index in [9.17, 15) is 23.5 Å². The number of ether oxygens (including phenoxy) is 1. The smallest absolute Gasteiger partial charge is 0.253 e. The Hall–Kier alpha value is -3.50. The van der Waals surface area contributed by atoms with Crippen molar-refractivity contribution in [3.8, 4) is 0 Å². The molecular weight excluding hydrogens is 508 g/mol. The highest BCUT2D eigenvalue weighted by Gasteiger charge is 2.27. The molecule has 1 unspecified atom stereocenters. The molecule has 10 heteroatoms. The van der Waals surface area contributed by atoms with E-state index in [1.807, 2.05) is 18.7 Å². The maximum atomic E-state index is 14.0. The minimum atomic E-state index is -0.708. The number of likely N-dealkylation sites (tertiary alicyclic amines) is 1. The lowest BCUT2D eigenvalue weighted by Crippen LogP contribution is -2.41. The highest BCUT2D eigenvalue weighted by atomic mass is 19.1. The third kappa shape index (κ3) is 5.62. The number of hydrogen-bond acceptors (Lipinski definition) is 7. The van der Waals surface area contributed by atoms with Crippen LogP contribution in [0.4, 0.5) is 20.4 Å². The fraction of sp³-hybridized carbons (Fsp3) is 0.448. The van der Waals surface area contributed by atoms with E-state index in [0.29, 0.717) is 73.9 Å². The van der Waals surface area contributed by atoms with Gasteiger partial charge in [0.15, 0.2) is 11.3 Å². The first-order chi connectivity index (χ1) is 18.6. The summed E-state index contributed by atoms with van der Waals surface area (Å²) in [5, 5.41) is 10.1. The van der Waals surface area contributed by atoms with Crippen molar-refractivity contribution in [2.24, 2.45) is 0 Å². The summed E-state index contributed by atoms with van der Waals surface area (Å²) < 4.78 is 40.1. The zero-order valence-electron chi connectivity index (χ0n) is 22.3. The van der Waals surface area contributed by atoms with Gasteiger partial charge in [-0.3, -0.25) is 9.59 Å². The van der Waals surface area contributed by atoms with E-state index in [4.69, 9.17) is 9.15 Å². The molecule has 0 spiro atoms. The Kier molecular flexibility index (Phi) is 7.59. The van der Waals surface area contributed by atoms with Gasteiger partial charge in [0.05, 0.1) is 30.2 Å². The Labute approximate surface area is 225 Å². The lowest BCUT2D eigenvalue weighted by Gasteiger charge is -2.32. The van der Waals surface area contributed by atoms with E-state index in [1.54, 1.807) is 29.0 Å². The molecule has 0 aliphatic carbocycles. The van der Waals surface area contributed by atoms with Gasteiger partial charge >= 0.3 is 0 Å². The number of anilines is 2. The van der Waals surface area contributed by atoms with Crippen LogP contribution in [0.25, 0.3) is 11.0 Å². The molecule has 1 amide bonds. The summed E-state index contributed by atoms with van der Waals surface area (Å²) in [5.41, 5.74) is 1.19. The summed E-state index contributed by atoms with van der Waals surface area (Å²) in [6.07, 6.45) is 0.505. The topological polar surface area (TPSA) is 86.5 Å². The first-order valence-electron chi connectivity index (χ1n) is 13.3. The zero-order valence-corrected chi connectivity index (χ0v) is 22.3. The van der Waals surface area contributed by atoms with E-state index < -0.39 is 23.8 Å². The van der Waals surface area contributed by atoms with E-state index in [-0.39, 0.29) is 22.8 Å². The molecule has 8 nitrogen and oxygen atoms in total. The number of hydrogen-bond donors (Lipinski definition) is 1. The Morgan fingerprint density at radius 3 is 2.44 bits per heavy atom. The molecule has 0 saturated carbocycles. The molecule has 2 aliphatic heterocycles. The number of carbonyl (C=O) groups is 1. The zero-order chi connectivity index (χ0) is 27.8. The number of benzene rings is 2. The van der Waals surface area contributed by atoms with E-state index >= 15 is 0 Å². The van der Waals surface area contributed by atoms with Crippen molar-refractivity contribution >= 4 is 28.4 Å². The largest absolute Gasteiger partial charge is 0.440 e. The van der Waals surface area contributed by atoms with Crippen LogP contribution in [0.5, 0.6) is 0 Å². The fourth-order valence-electron chi connectivity index (χ4n) is 5.31. The predicted octanol–water partition coefficient (Wildman–Crippen LogP) is 4.09. The van der Waals surface area contributed by atoms with Crippen molar-refractivity contribution in [1.29, 1.82) is 0 Å². The van der Waals surface area contributed by atoms with Crippen LogP contribution in [0, 0.1) is 11.6 Å². The average Bonchev–Trinajstić information content (AvgIpc) is 2.91. The molecule has 2 atom stereocenters. The number of amides is 1. The van der Waals surface area contributed by atoms with Crippen LogP contribution >= 0.6 is 0 Å². The van der Waals surface area contributed by atoms with Gasteiger partial charge in [0.2, 0.25) is 0 Å². The summed E-state index contributed by atoms with van der Waals surface area (Å²) in [6, 6.07) is 7.43. The van der Waals surface area contributed by atoms with E-state index in [1.165, 1.54) is 18.2 Å². The van der Waals surface area contributed by atoms with E-state index in [0.717, 1.165) is 6.07 Å². The van der Waals surface area contributed by atoms with Crippen molar-refractivity contribution < 1.29 is 27.8 Å². The van der Waals surface area contributed by atoms with Crippen LogP contribution in [0.1, 0.15) is 48.7 Å². The molecule has 0 bridgehead atoms. The number of piperidine rings is 1. The minimum Gasteiger partial charge on any atom is -0.440 e. The highest BCUT2D eigenvalue weighted by Crippen LogP contribution is 2.34. The van der Waals surface area contributed by atoms with Gasteiger partial charge in [-0.25, -0.2) is 8.78 Å². The van der Waals surface area contributed by atoms with Gasteiger partial charge < -0.3 is 29.0 Å². The first kappa shape index (κ1) is 27.1. The van der Waals surface area contributed by atoms with Gasteiger partial charge in [0.1, 0.15) is 17.2 Å². The van der Waals surface area contributed by atoms with Crippen LogP contribution < -0.4 is 15.2 Å². The molecule has 2 aromatic carbocycles. The second kappa shape index (κ2) is 10.9. The standard InChI is InChI=1S/C29H33F2N3O5/c1-17-16-34(8-9-38-17)27-15-26(36)25-11-19(29(37)33-6-4-23(35)5-7-33)10-24(28(25)39-27)18(2)32(3)22-13-20(30)12-21(31)14-22/h10-15,17-18,23,35H,4-9,16H2,1-3H3/t17?,18-/m0/s1. The predicted molar refractivity (Wildman–Crippen MR) is 144 cm³/mol. The molecular formula is C29H33F2N3O5. The number of fused-ring (bicyclic) bond motifs is 1. The van der Waals surface area contributed by atoms with Crippen LogP contribution in [0.2, 0.25) is 0 Å². The monoisotopic (exact) mass is 541 g/mol. The maximum Gasteiger partial charge on any atom is 0.253 e. The maximum absolute atomic E-state index is 14.0. The first-order valence-corrected chi connectivity index (χ1v) is 13.3. The number of aliphatic hydroxyl groups excluding tert-OH is 1. The number of nitrogens with zero attached hydrogens (tertiary/aromatic N) is 3. The Bertz CT molecular complexity index is 1420. The summed E-state index contributed by atoms with van der Waals surface area (Å²) in [6.45, 7) is 6.21. The molecule has 0 radical (unpaired) electrons. The van der Waals surface area contributed by atoms with Crippen LogP contribution in [0.15, 0.2) is 45.6 Å². The minimum absolute atomic E-state index is 0.0322. The molecule has 3 heterocycles. The Morgan fingerprint density at radius 1 is 1.08 bits per heavy atom. The van der Waals surface area contributed by atoms with Gasteiger partial charge in [-0.1, -0.05) is 0 Å². The number of morpholine rings is 1. The number of halogens is 2. The number of carbonyl (C=O) groups excluding carboxylic acids is 1. The molecule has 5 rings (SSSR count). The van der Waals surface area contributed by atoms with Crippen LogP contribution in [-0.2, 0) is 4.74 Å². The lowest BCUT2D eigenvalue weighted by molar-refractivity contribution is 0.0517. The van der Waals surface area contributed by atoms with Crippen molar-refractivity contribution in [3.05, 3.63) is 69.4 Å². The third-order valence-electron chi connectivity index (χ3n) is 7.68. The molecule has 39 heavy (non-hydrogen) atoms. The van der Waals surface area contributed by atoms with Gasteiger partial charge in [-0.15, -0.1) is 0 Å². The second-order valence-corrected chi connectivity index (χ2v) is 10.5. The summed E-state index contributed by atoms with van der Waals surface area (Å²) in [7, 11) is 1.69. The van der Waals surface area contributed by atoms with Gasteiger partial charge in [-0.05, 0) is 51.0 Å². The quantitative estimate of drug-likeness (QED) is 0.521. The molecule has 2 saturated heterocycles.